The third kappa shape index (κ3) is 4.26. The number of rotatable bonds is 6. The Balaban J connectivity index is 1.45. The summed E-state index contributed by atoms with van der Waals surface area (Å²) in [6.07, 6.45) is 4.60. The topological polar surface area (TPSA) is 59.1 Å². The molecule has 0 saturated heterocycles. The summed E-state index contributed by atoms with van der Waals surface area (Å²) in [7, 11) is 0. The molecule has 0 radical (unpaired) electrons. The fraction of sp³-hybridized carbons (Fsp3) is 0.471. The highest BCUT2D eigenvalue weighted by atomic mass is 32.1. The molecule has 1 N–H and O–H groups in total. The van der Waals surface area contributed by atoms with E-state index < -0.39 is 0 Å². The number of fused-ring (bicyclic) bond motifs is 1. The molecule has 2 heterocycles. The van der Waals surface area contributed by atoms with Gasteiger partial charge in [0.15, 0.2) is 10.9 Å². The first kappa shape index (κ1) is 16.3. The lowest BCUT2D eigenvalue weighted by molar-refractivity contribution is -0.116. The molecule has 1 aliphatic rings. The average molecular weight is 348 g/mol. The second kappa shape index (κ2) is 7.36. The first-order chi connectivity index (χ1) is 11.1. The maximum atomic E-state index is 12.0. The largest absolute Gasteiger partial charge is 0.302 e. The monoisotopic (exact) mass is 348 g/mol. The molecule has 0 aliphatic heterocycles. The molecule has 2 aromatic heterocycles. The number of carbonyl (C=O) groups excluding carboxylic acids is 2. The lowest BCUT2D eigenvalue weighted by Crippen LogP contribution is -2.12. The van der Waals surface area contributed by atoms with Crippen LogP contribution in [0.5, 0.6) is 0 Å². The van der Waals surface area contributed by atoms with Crippen LogP contribution < -0.4 is 5.32 Å². The van der Waals surface area contributed by atoms with E-state index in [1.54, 1.807) is 11.3 Å². The number of anilines is 1. The summed E-state index contributed by atoms with van der Waals surface area (Å²) < 4.78 is 0. The van der Waals surface area contributed by atoms with Gasteiger partial charge in [-0.2, -0.15) is 0 Å². The zero-order chi connectivity index (χ0) is 16.2. The molecule has 0 fully saturated rings. The molecule has 2 aromatic rings. The number of Topliss-reactive ketones (excluding diaryl/α,β-unsaturated/α-hetero) is 1. The Bertz CT molecular complexity index is 692. The number of carbonyl (C=O) groups is 2. The van der Waals surface area contributed by atoms with Gasteiger partial charge in [0, 0.05) is 17.7 Å². The maximum Gasteiger partial charge on any atom is 0.226 e. The Morgan fingerprint density at radius 1 is 1.39 bits per heavy atom. The van der Waals surface area contributed by atoms with Gasteiger partial charge in [0.25, 0.3) is 0 Å². The van der Waals surface area contributed by atoms with Gasteiger partial charge in [-0.05, 0) is 43.0 Å². The van der Waals surface area contributed by atoms with E-state index in [4.69, 9.17) is 0 Å². The first-order valence-corrected chi connectivity index (χ1v) is 9.66. The van der Waals surface area contributed by atoms with Crippen LogP contribution in [0.3, 0.4) is 0 Å². The molecule has 23 heavy (non-hydrogen) atoms. The number of nitrogens with one attached hydrogen (secondary N) is 1. The number of aryl methyl sites for hydroxylation is 1. The molecule has 0 aromatic carbocycles. The van der Waals surface area contributed by atoms with Gasteiger partial charge >= 0.3 is 0 Å². The minimum atomic E-state index is -0.0527. The summed E-state index contributed by atoms with van der Waals surface area (Å²) in [6.45, 7) is 2.26. The zero-order valence-corrected chi connectivity index (χ0v) is 14.8. The van der Waals surface area contributed by atoms with Crippen molar-refractivity contribution in [2.45, 2.75) is 45.4 Å². The van der Waals surface area contributed by atoms with Crippen LogP contribution in [0.25, 0.3) is 0 Å². The summed E-state index contributed by atoms with van der Waals surface area (Å²) in [5, 5.41) is 5.48. The number of hydrogen-bond acceptors (Lipinski definition) is 5. The SMILES string of the molecule is C[C@H]1CCc2nc(NC(=O)CCCC(=O)c3cccs3)sc2C1. The highest BCUT2D eigenvalue weighted by Crippen LogP contribution is 2.32. The number of nitrogens with zero attached hydrogens (tertiary/aromatic N) is 1. The quantitative estimate of drug-likeness (QED) is 0.791. The van der Waals surface area contributed by atoms with Crippen molar-refractivity contribution < 1.29 is 9.59 Å². The minimum Gasteiger partial charge on any atom is -0.302 e. The van der Waals surface area contributed by atoms with Crippen molar-refractivity contribution >= 4 is 39.5 Å². The molecule has 6 heteroatoms. The fourth-order valence-corrected chi connectivity index (χ4v) is 4.63. The van der Waals surface area contributed by atoms with Gasteiger partial charge in [0.1, 0.15) is 0 Å². The Morgan fingerprint density at radius 3 is 3.04 bits per heavy atom. The van der Waals surface area contributed by atoms with E-state index >= 15 is 0 Å². The molecule has 0 saturated carbocycles. The van der Waals surface area contributed by atoms with E-state index in [0.29, 0.717) is 30.3 Å². The van der Waals surface area contributed by atoms with Crippen molar-refractivity contribution in [2.75, 3.05) is 5.32 Å². The number of amides is 1. The van der Waals surface area contributed by atoms with Crippen molar-refractivity contribution in [3.63, 3.8) is 0 Å². The second-order valence-corrected chi connectivity index (χ2v) is 8.07. The van der Waals surface area contributed by atoms with Crippen LogP contribution in [-0.4, -0.2) is 16.7 Å². The molecule has 0 unspecified atom stereocenters. The first-order valence-electron chi connectivity index (χ1n) is 7.97. The molecular weight excluding hydrogens is 328 g/mol. The Labute approximate surface area is 144 Å². The Hall–Kier alpha value is -1.53. The summed E-state index contributed by atoms with van der Waals surface area (Å²) in [6, 6.07) is 3.70. The number of ketones is 1. The molecule has 0 bridgehead atoms. The van der Waals surface area contributed by atoms with Gasteiger partial charge in [-0.25, -0.2) is 4.98 Å². The van der Waals surface area contributed by atoms with E-state index in [9.17, 15) is 9.59 Å². The van der Waals surface area contributed by atoms with Gasteiger partial charge in [-0.1, -0.05) is 13.0 Å². The maximum absolute atomic E-state index is 12.0. The highest BCUT2D eigenvalue weighted by Gasteiger charge is 2.20. The summed E-state index contributed by atoms with van der Waals surface area (Å²) in [5.41, 5.74) is 1.15. The van der Waals surface area contributed by atoms with Crippen molar-refractivity contribution in [3.8, 4) is 0 Å². The van der Waals surface area contributed by atoms with Crippen LogP contribution in [0, 0.1) is 5.92 Å². The molecular formula is C17H20N2O2S2. The summed E-state index contributed by atoms with van der Waals surface area (Å²) >= 11 is 3.05. The smallest absolute Gasteiger partial charge is 0.226 e. The van der Waals surface area contributed by atoms with E-state index in [1.807, 2.05) is 17.5 Å². The average Bonchev–Trinajstić information content (AvgIpc) is 3.15. The van der Waals surface area contributed by atoms with E-state index in [2.05, 4.69) is 17.2 Å². The molecule has 1 amide bonds. The minimum absolute atomic E-state index is 0.0527. The standard InChI is InChI=1S/C17H20N2O2S2/c1-11-7-8-12-15(10-11)23-17(18-12)19-16(21)6-2-4-13(20)14-5-3-9-22-14/h3,5,9,11H,2,4,6-8,10H2,1H3,(H,18,19,21)/t11-/m0/s1. The van der Waals surface area contributed by atoms with Gasteiger partial charge < -0.3 is 5.32 Å². The lowest BCUT2D eigenvalue weighted by atomic mass is 9.93. The van der Waals surface area contributed by atoms with Crippen LogP contribution >= 0.6 is 22.7 Å². The van der Waals surface area contributed by atoms with Crippen molar-refractivity contribution in [1.82, 2.24) is 4.98 Å². The number of hydrogen-bond donors (Lipinski definition) is 1. The van der Waals surface area contributed by atoms with Gasteiger partial charge in [-0.15, -0.1) is 22.7 Å². The summed E-state index contributed by atoms with van der Waals surface area (Å²) in [5.74, 6) is 0.768. The van der Waals surface area contributed by atoms with Gasteiger partial charge in [0.2, 0.25) is 5.91 Å². The third-order valence-electron chi connectivity index (χ3n) is 4.04. The molecule has 4 nitrogen and oxygen atoms in total. The van der Waals surface area contributed by atoms with Crippen LogP contribution in [0.15, 0.2) is 17.5 Å². The van der Waals surface area contributed by atoms with Crippen molar-refractivity contribution in [2.24, 2.45) is 5.92 Å². The molecule has 3 rings (SSSR count). The third-order valence-corrected chi connectivity index (χ3v) is 5.98. The number of aromatic nitrogens is 1. The number of thiazole rings is 1. The van der Waals surface area contributed by atoms with Crippen LogP contribution in [0.4, 0.5) is 5.13 Å². The predicted molar refractivity (Wildman–Crippen MR) is 94.4 cm³/mol. The summed E-state index contributed by atoms with van der Waals surface area (Å²) in [4.78, 5) is 30.5. The van der Waals surface area contributed by atoms with Gasteiger partial charge in [0.05, 0.1) is 10.6 Å². The fourth-order valence-electron chi connectivity index (χ4n) is 2.74. The molecule has 1 atom stereocenters. The molecule has 122 valence electrons. The van der Waals surface area contributed by atoms with E-state index in [1.165, 1.54) is 22.6 Å². The molecule has 1 aliphatic carbocycles. The van der Waals surface area contributed by atoms with Crippen LogP contribution in [0.2, 0.25) is 0 Å². The lowest BCUT2D eigenvalue weighted by Gasteiger charge is -2.15. The van der Waals surface area contributed by atoms with E-state index in [0.717, 1.165) is 23.4 Å². The van der Waals surface area contributed by atoms with Crippen molar-refractivity contribution in [3.05, 3.63) is 33.0 Å². The Morgan fingerprint density at radius 2 is 2.26 bits per heavy atom. The number of thiophene rings is 1. The van der Waals surface area contributed by atoms with Crippen LogP contribution in [0.1, 0.15) is 52.8 Å². The second-order valence-electron chi connectivity index (χ2n) is 6.04. The Kier molecular flexibility index (Phi) is 5.23. The van der Waals surface area contributed by atoms with E-state index in [-0.39, 0.29) is 11.7 Å². The normalized spacial score (nSPS) is 16.8. The zero-order valence-electron chi connectivity index (χ0n) is 13.1. The van der Waals surface area contributed by atoms with Gasteiger partial charge in [-0.3, -0.25) is 9.59 Å². The highest BCUT2D eigenvalue weighted by molar-refractivity contribution is 7.15. The predicted octanol–water partition coefficient (Wildman–Crippen LogP) is 4.32. The van der Waals surface area contributed by atoms with Crippen molar-refractivity contribution in [1.29, 1.82) is 0 Å². The van der Waals surface area contributed by atoms with Crippen LogP contribution in [-0.2, 0) is 17.6 Å². The molecule has 0 spiro atoms.